The standard InChI is InChI=1S/C13H28N2O2/c1-4-14-11(2)12-6-5-7-15(8-12)9-13(16)10-17-3/h11-14,16H,4-10H2,1-3H3. The van der Waals surface area contributed by atoms with Crippen molar-refractivity contribution >= 4 is 0 Å². The molecule has 0 aromatic heterocycles. The molecule has 0 amide bonds. The molecule has 17 heavy (non-hydrogen) atoms. The maximum absolute atomic E-state index is 9.75. The van der Waals surface area contributed by atoms with Gasteiger partial charge in [0.25, 0.3) is 0 Å². The molecule has 1 saturated heterocycles. The van der Waals surface area contributed by atoms with Crippen LogP contribution in [0.4, 0.5) is 0 Å². The zero-order valence-electron chi connectivity index (χ0n) is 11.5. The molecule has 1 fully saturated rings. The molecule has 0 spiro atoms. The molecule has 3 atom stereocenters. The van der Waals surface area contributed by atoms with Crippen LogP contribution in [0.15, 0.2) is 0 Å². The number of aliphatic hydroxyl groups is 1. The Balaban J connectivity index is 2.32. The number of rotatable bonds is 7. The van der Waals surface area contributed by atoms with E-state index in [-0.39, 0.29) is 6.10 Å². The van der Waals surface area contributed by atoms with Gasteiger partial charge in [-0.3, -0.25) is 0 Å². The Labute approximate surface area is 105 Å². The number of hydrogen-bond acceptors (Lipinski definition) is 4. The predicted molar refractivity (Wildman–Crippen MR) is 70.2 cm³/mol. The normalized spacial score (nSPS) is 25.8. The van der Waals surface area contributed by atoms with Crippen LogP contribution in [0, 0.1) is 5.92 Å². The minimum atomic E-state index is -0.354. The van der Waals surface area contributed by atoms with Crippen LogP contribution in [0.5, 0.6) is 0 Å². The maximum Gasteiger partial charge on any atom is 0.0900 e. The van der Waals surface area contributed by atoms with Crippen LogP contribution in [0.2, 0.25) is 0 Å². The molecular formula is C13H28N2O2. The SMILES string of the molecule is CCNC(C)C1CCCN(CC(O)COC)C1. The van der Waals surface area contributed by atoms with Crippen molar-refractivity contribution in [2.24, 2.45) is 5.92 Å². The van der Waals surface area contributed by atoms with E-state index >= 15 is 0 Å². The average molecular weight is 244 g/mol. The minimum Gasteiger partial charge on any atom is -0.389 e. The third kappa shape index (κ3) is 5.34. The van der Waals surface area contributed by atoms with E-state index in [1.54, 1.807) is 7.11 Å². The number of nitrogens with zero attached hydrogens (tertiary/aromatic N) is 1. The van der Waals surface area contributed by atoms with Crippen LogP contribution in [-0.2, 0) is 4.74 Å². The summed E-state index contributed by atoms with van der Waals surface area (Å²) < 4.78 is 4.97. The average Bonchev–Trinajstić information content (AvgIpc) is 2.30. The Hall–Kier alpha value is -0.160. The van der Waals surface area contributed by atoms with Gasteiger partial charge >= 0.3 is 0 Å². The number of piperidine rings is 1. The fourth-order valence-corrected chi connectivity index (χ4v) is 2.70. The van der Waals surface area contributed by atoms with Crippen molar-refractivity contribution in [2.45, 2.75) is 38.8 Å². The molecule has 0 saturated carbocycles. The Morgan fingerprint density at radius 2 is 2.29 bits per heavy atom. The fraction of sp³-hybridized carbons (Fsp3) is 1.00. The number of ether oxygens (including phenoxy) is 1. The summed E-state index contributed by atoms with van der Waals surface area (Å²) in [5.41, 5.74) is 0. The first-order chi connectivity index (χ1) is 8.17. The zero-order valence-corrected chi connectivity index (χ0v) is 11.5. The second-order valence-electron chi connectivity index (χ2n) is 5.12. The largest absolute Gasteiger partial charge is 0.389 e. The van der Waals surface area contributed by atoms with E-state index in [0.29, 0.717) is 18.6 Å². The van der Waals surface area contributed by atoms with Crippen molar-refractivity contribution in [3.63, 3.8) is 0 Å². The highest BCUT2D eigenvalue weighted by molar-refractivity contribution is 4.81. The van der Waals surface area contributed by atoms with E-state index in [0.717, 1.165) is 26.2 Å². The lowest BCUT2D eigenvalue weighted by Gasteiger charge is -2.36. The number of β-amino-alcohol motifs (C(OH)–C–C–N with tert-alkyl or cyclic N) is 1. The molecule has 3 unspecified atom stereocenters. The molecule has 1 rings (SSSR count). The summed E-state index contributed by atoms with van der Waals surface area (Å²) in [5, 5.41) is 13.2. The Morgan fingerprint density at radius 1 is 1.53 bits per heavy atom. The van der Waals surface area contributed by atoms with Gasteiger partial charge in [-0.2, -0.15) is 0 Å². The number of methoxy groups -OCH3 is 1. The van der Waals surface area contributed by atoms with Crippen LogP contribution < -0.4 is 5.32 Å². The topological polar surface area (TPSA) is 44.7 Å². The van der Waals surface area contributed by atoms with Gasteiger partial charge < -0.3 is 20.1 Å². The predicted octanol–water partition coefficient (Wildman–Crippen LogP) is 0.704. The molecule has 1 aliphatic rings. The smallest absolute Gasteiger partial charge is 0.0900 e. The summed E-state index contributed by atoms with van der Waals surface area (Å²) in [6, 6.07) is 0.572. The molecular weight excluding hydrogens is 216 g/mol. The van der Waals surface area contributed by atoms with Gasteiger partial charge in [-0.1, -0.05) is 6.92 Å². The Morgan fingerprint density at radius 3 is 2.94 bits per heavy atom. The van der Waals surface area contributed by atoms with Gasteiger partial charge in [0, 0.05) is 26.2 Å². The van der Waals surface area contributed by atoms with Gasteiger partial charge in [-0.15, -0.1) is 0 Å². The molecule has 1 aliphatic heterocycles. The van der Waals surface area contributed by atoms with Crippen LogP contribution in [0.1, 0.15) is 26.7 Å². The van der Waals surface area contributed by atoms with Crippen molar-refractivity contribution in [3.05, 3.63) is 0 Å². The van der Waals surface area contributed by atoms with Gasteiger partial charge in [-0.05, 0) is 38.8 Å². The van der Waals surface area contributed by atoms with E-state index in [1.807, 2.05) is 0 Å². The lowest BCUT2D eigenvalue weighted by molar-refractivity contribution is 0.0246. The molecule has 0 aliphatic carbocycles. The Kier molecular flexibility index (Phi) is 7.04. The van der Waals surface area contributed by atoms with Gasteiger partial charge in [0.15, 0.2) is 0 Å². The van der Waals surface area contributed by atoms with E-state index in [4.69, 9.17) is 4.74 Å². The van der Waals surface area contributed by atoms with Gasteiger partial charge in [0.2, 0.25) is 0 Å². The van der Waals surface area contributed by atoms with Crippen molar-refractivity contribution in [2.75, 3.05) is 39.9 Å². The van der Waals surface area contributed by atoms with Crippen LogP contribution in [0.25, 0.3) is 0 Å². The molecule has 0 radical (unpaired) electrons. The number of nitrogens with one attached hydrogen (secondary N) is 1. The third-order valence-electron chi connectivity index (χ3n) is 3.60. The highest BCUT2D eigenvalue weighted by atomic mass is 16.5. The summed E-state index contributed by atoms with van der Waals surface area (Å²) in [5.74, 6) is 0.707. The fourth-order valence-electron chi connectivity index (χ4n) is 2.70. The molecule has 0 aromatic carbocycles. The highest BCUT2D eigenvalue weighted by Gasteiger charge is 2.25. The molecule has 0 aromatic rings. The number of aliphatic hydroxyl groups excluding tert-OH is 1. The van der Waals surface area contributed by atoms with E-state index < -0.39 is 0 Å². The van der Waals surface area contributed by atoms with E-state index in [9.17, 15) is 5.11 Å². The third-order valence-corrected chi connectivity index (χ3v) is 3.60. The Bertz CT molecular complexity index is 202. The molecule has 102 valence electrons. The first-order valence-electron chi connectivity index (χ1n) is 6.80. The van der Waals surface area contributed by atoms with Gasteiger partial charge in [0.05, 0.1) is 12.7 Å². The van der Waals surface area contributed by atoms with Crippen LogP contribution in [0.3, 0.4) is 0 Å². The quantitative estimate of drug-likeness (QED) is 0.692. The summed E-state index contributed by atoms with van der Waals surface area (Å²) in [6.07, 6.45) is 2.18. The second-order valence-corrected chi connectivity index (χ2v) is 5.12. The van der Waals surface area contributed by atoms with Crippen molar-refractivity contribution in [1.82, 2.24) is 10.2 Å². The summed E-state index contributed by atoms with van der Waals surface area (Å²) in [4.78, 5) is 2.37. The first-order valence-corrected chi connectivity index (χ1v) is 6.80. The lowest BCUT2D eigenvalue weighted by Crippen LogP contribution is -2.47. The summed E-state index contributed by atoms with van der Waals surface area (Å²) >= 11 is 0. The summed E-state index contributed by atoms with van der Waals surface area (Å²) in [6.45, 7) is 8.82. The lowest BCUT2D eigenvalue weighted by atomic mass is 9.91. The van der Waals surface area contributed by atoms with Crippen molar-refractivity contribution < 1.29 is 9.84 Å². The minimum absolute atomic E-state index is 0.354. The van der Waals surface area contributed by atoms with Crippen molar-refractivity contribution in [3.8, 4) is 0 Å². The number of likely N-dealkylation sites (tertiary alicyclic amines) is 1. The molecule has 0 bridgehead atoms. The molecule has 2 N–H and O–H groups in total. The van der Waals surface area contributed by atoms with Crippen LogP contribution >= 0.6 is 0 Å². The van der Waals surface area contributed by atoms with Crippen molar-refractivity contribution in [1.29, 1.82) is 0 Å². The molecule has 4 heteroatoms. The molecule has 4 nitrogen and oxygen atoms in total. The zero-order chi connectivity index (χ0) is 12.7. The van der Waals surface area contributed by atoms with Gasteiger partial charge in [0.1, 0.15) is 0 Å². The van der Waals surface area contributed by atoms with Crippen LogP contribution in [-0.4, -0.2) is 62.0 Å². The monoisotopic (exact) mass is 244 g/mol. The van der Waals surface area contributed by atoms with E-state index in [1.165, 1.54) is 12.8 Å². The maximum atomic E-state index is 9.75. The van der Waals surface area contributed by atoms with Gasteiger partial charge in [-0.25, -0.2) is 0 Å². The molecule has 1 heterocycles. The van der Waals surface area contributed by atoms with E-state index in [2.05, 4.69) is 24.1 Å². The summed E-state index contributed by atoms with van der Waals surface area (Å²) in [7, 11) is 1.63. The second kappa shape index (κ2) is 8.03. The highest BCUT2D eigenvalue weighted by Crippen LogP contribution is 2.19. The first kappa shape index (κ1) is 14.9. The number of hydrogen-bond donors (Lipinski definition) is 2.